The van der Waals surface area contributed by atoms with Gasteiger partial charge in [0.25, 0.3) is 11.5 Å². The van der Waals surface area contributed by atoms with Crippen LogP contribution in [0.4, 0.5) is 0 Å². The zero-order chi connectivity index (χ0) is 18.5. The number of nitrogens with one attached hydrogen (secondary N) is 2. The summed E-state index contributed by atoms with van der Waals surface area (Å²) < 4.78 is 1.24. The Labute approximate surface area is 151 Å². The molecule has 1 aliphatic carbocycles. The third kappa shape index (κ3) is 4.56. The summed E-state index contributed by atoms with van der Waals surface area (Å²) in [5, 5.41) is 5.52. The van der Waals surface area contributed by atoms with Crippen LogP contribution in [0.15, 0.2) is 41.5 Å². The third-order valence-electron chi connectivity index (χ3n) is 4.40. The molecule has 1 saturated carbocycles. The molecular weight excluding hydrogens is 332 g/mol. The molecule has 0 atom stereocenters. The highest BCUT2D eigenvalue weighted by Gasteiger charge is 2.22. The van der Waals surface area contributed by atoms with Gasteiger partial charge in [0, 0.05) is 18.9 Å². The van der Waals surface area contributed by atoms with Crippen LogP contribution in [0.25, 0.3) is 0 Å². The third-order valence-corrected chi connectivity index (χ3v) is 4.40. The molecule has 0 aliphatic heterocycles. The maximum Gasteiger partial charge on any atom is 0.263 e. The lowest BCUT2D eigenvalue weighted by Crippen LogP contribution is -2.37. The second kappa shape index (κ2) is 7.95. The maximum atomic E-state index is 12.4. The van der Waals surface area contributed by atoms with Gasteiger partial charge in [-0.1, -0.05) is 6.07 Å². The van der Waals surface area contributed by atoms with Crippen molar-refractivity contribution in [2.75, 3.05) is 6.54 Å². The van der Waals surface area contributed by atoms with E-state index in [1.807, 2.05) is 19.1 Å². The molecule has 2 heterocycles. The Morgan fingerprint density at radius 3 is 2.77 bits per heavy atom. The summed E-state index contributed by atoms with van der Waals surface area (Å²) in [6, 6.07) is 6.84. The first-order chi connectivity index (χ1) is 12.5. The Kier molecular flexibility index (Phi) is 5.46. The standard InChI is InChI=1S/C19H22N4O3/c1-13-4-2-8-20-16(13)11-21-17(24)12-23-9-3-5-15(19(23)26)18(25)22-10-14-6-7-14/h2-5,8-9,14H,6-7,10-12H2,1H3,(H,21,24)(H,22,25). The highest BCUT2D eigenvalue weighted by atomic mass is 16.2. The summed E-state index contributed by atoms with van der Waals surface area (Å²) in [7, 11) is 0. The van der Waals surface area contributed by atoms with Crippen LogP contribution in [0.2, 0.25) is 0 Å². The van der Waals surface area contributed by atoms with E-state index in [2.05, 4.69) is 15.6 Å². The quantitative estimate of drug-likeness (QED) is 0.776. The van der Waals surface area contributed by atoms with Gasteiger partial charge in [-0.25, -0.2) is 0 Å². The molecule has 0 aromatic carbocycles. The van der Waals surface area contributed by atoms with Crippen molar-refractivity contribution >= 4 is 11.8 Å². The van der Waals surface area contributed by atoms with E-state index in [4.69, 9.17) is 0 Å². The number of aromatic nitrogens is 2. The van der Waals surface area contributed by atoms with Crippen LogP contribution in [0.3, 0.4) is 0 Å². The lowest BCUT2D eigenvalue weighted by Gasteiger charge is -2.10. The van der Waals surface area contributed by atoms with E-state index < -0.39 is 5.56 Å². The first-order valence-electron chi connectivity index (χ1n) is 8.69. The van der Waals surface area contributed by atoms with Gasteiger partial charge in [0.15, 0.2) is 0 Å². The molecule has 1 aliphatic rings. The van der Waals surface area contributed by atoms with Crippen molar-refractivity contribution in [3.05, 3.63) is 63.8 Å². The highest BCUT2D eigenvalue weighted by molar-refractivity contribution is 5.93. The average Bonchev–Trinajstić information content (AvgIpc) is 3.45. The Hall–Kier alpha value is -2.96. The average molecular weight is 354 g/mol. The van der Waals surface area contributed by atoms with Gasteiger partial charge in [0.1, 0.15) is 12.1 Å². The molecule has 2 aromatic rings. The van der Waals surface area contributed by atoms with Crippen molar-refractivity contribution < 1.29 is 9.59 Å². The minimum absolute atomic E-state index is 0.0570. The van der Waals surface area contributed by atoms with E-state index >= 15 is 0 Å². The van der Waals surface area contributed by atoms with E-state index in [0.717, 1.165) is 24.1 Å². The summed E-state index contributed by atoms with van der Waals surface area (Å²) in [6.07, 6.45) is 5.42. The summed E-state index contributed by atoms with van der Waals surface area (Å²) >= 11 is 0. The number of aryl methyl sites for hydroxylation is 1. The Balaban J connectivity index is 1.61. The molecule has 1 fully saturated rings. The minimum atomic E-state index is -0.468. The molecule has 2 amide bonds. The number of carbonyl (C=O) groups excluding carboxylic acids is 2. The second-order valence-electron chi connectivity index (χ2n) is 6.55. The van der Waals surface area contributed by atoms with Crippen molar-refractivity contribution in [1.29, 1.82) is 0 Å². The van der Waals surface area contributed by atoms with Crippen molar-refractivity contribution in [3.8, 4) is 0 Å². The number of amides is 2. The molecule has 0 saturated heterocycles. The molecule has 7 nitrogen and oxygen atoms in total. The van der Waals surface area contributed by atoms with Crippen molar-refractivity contribution in [2.24, 2.45) is 5.92 Å². The smallest absolute Gasteiger partial charge is 0.263 e. The van der Waals surface area contributed by atoms with E-state index in [9.17, 15) is 14.4 Å². The van der Waals surface area contributed by atoms with Gasteiger partial charge in [-0.05, 0) is 49.4 Å². The molecule has 7 heteroatoms. The van der Waals surface area contributed by atoms with Crippen LogP contribution in [-0.2, 0) is 17.9 Å². The summed E-state index contributed by atoms with van der Waals surface area (Å²) in [5.74, 6) is -0.167. The maximum absolute atomic E-state index is 12.4. The van der Waals surface area contributed by atoms with Gasteiger partial charge in [-0.3, -0.25) is 19.4 Å². The summed E-state index contributed by atoms with van der Waals surface area (Å²) in [6.45, 7) is 2.66. The largest absolute Gasteiger partial charge is 0.352 e. The predicted molar refractivity (Wildman–Crippen MR) is 96.6 cm³/mol. The topological polar surface area (TPSA) is 93.1 Å². The number of rotatable bonds is 7. The highest BCUT2D eigenvalue weighted by Crippen LogP contribution is 2.27. The van der Waals surface area contributed by atoms with E-state index in [-0.39, 0.29) is 23.9 Å². The monoisotopic (exact) mass is 354 g/mol. The van der Waals surface area contributed by atoms with Crippen molar-refractivity contribution in [2.45, 2.75) is 32.9 Å². The molecule has 136 valence electrons. The molecule has 3 rings (SSSR count). The zero-order valence-corrected chi connectivity index (χ0v) is 14.7. The fourth-order valence-electron chi connectivity index (χ4n) is 2.58. The minimum Gasteiger partial charge on any atom is -0.352 e. The van der Waals surface area contributed by atoms with E-state index in [1.165, 1.54) is 16.8 Å². The first kappa shape index (κ1) is 17.8. The number of hydrogen-bond donors (Lipinski definition) is 2. The normalized spacial score (nSPS) is 13.3. The van der Waals surface area contributed by atoms with Gasteiger partial charge < -0.3 is 15.2 Å². The number of hydrogen-bond acceptors (Lipinski definition) is 4. The van der Waals surface area contributed by atoms with Crippen LogP contribution >= 0.6 is 0 Å². The van der Waals surface area contributed by atoms with Crippen molar-refractivity contribution in [3.63, 3.8) is 0 Å². The Morgan fingerprint density at radius 2 is 2.04 bits per heavy atom. The molecule has 2 aromatic heterocycles. The second-order valence-corrected chi connectivity index (χ2v) is 6.55. The Bertz CT molecular complexity index is 871. The Morgan fingerprint density at radius 1 is 1.23 bits per heavy atom. The number of pyridine rings is 2. The van der Waals surface area contributed by atoms with Gasteiger partial charge in [0.05, 0.1) is 12.2 Å². The molecule has 0 unspecified atom stereocenters. The number of carbonyl (C=O) groups is 2. The van der Waals surface area contributed by atoms with Gasteiger partial charge in [-0.2, -0.15) is 0 Å². The van der Waals surface area contributed by atoms with E-state index in [0.29, 0.717) is 19.0 Å². The molecular formula is C19H22N4O3. The number of nitrogens with zero attached hydrogens (tertiary/aromatic N) is 2. The van der Waals surface area contributed by atoms with Crippen LogP contribution in [0.1, 0.15) is 34.5 Å². The molecule has 0 spiro atoms. The summed E-state index contributed by atoms with van der Waals surface area (Å²) in [4.78, 5) is 41.0. The molecule has 2 N–H and O–H groups in total. The fourth-order valence-corrected chi connectivity index (χ4v) is 2.58. The lowest BCUT2D eigenvalue weighted by atomic mass is 10.2. The van der Waals surface area contributed by atoms with Gasteiger partial charge in [-0.15, -0.1) is 0 Å². The predicted octanol–water partition coefficient (Wildman–Crippen LogP) is 1.01. The van der Waals surface area contributed by atoms with Gasteiger partial charge >= 0.3 is 0 Å². The lowest BCUT2D eigenvalue weighted by molar-refractivity contribution is -0.121. The fraction of sp³-hybridized carbons (Fsp3) is 0.368. The van der Waals surface area contributed by atoms with Crippen LogP contribution in [-0.4, -0.2) is 27.9 Å². The molecule has 0 radical (unpaired) electrons. The van der Waals surface area contributed by atoms with Crippen LogP contribution in [0, 0.1) is 12.8 Å². The van der Waals surface area contributed by atoms with Gasteiger partial charge in [0.2, 0.25) is 5.91 Å². The zero-order valence-electron chi connectivity index (χ0n) is 14.7. The summed E-state index contributed by atoms with van der Waals surface area (Å²) in [5.41, 5.74) is 1.35. The first-order valence-corrected chi connectivity index (χ1v) is 8.69. The molecule has 0 bridgehead atoms. The SMILES string of the molecule is Cc1cccnc1CNC(=O)Cn1cccc(C(=O)NCC2CC2)c1=O. The molecule has 26 heavy (non-hydrogen) atoms. The van der Waals surface area contributed by atoms with Crippen molar-refractivity contribution in [1.82, 2.24) is 20.2 Å². The van der Waals surface area contributed by atoms with Crippen LogP contribution < -0.4 is 16.2 Å². The van der Waals surface area contributed by atoms with E-state index in [1.54, 1.807) is 12.3 Å². The van der Waals surface area contributed by atoms with Crippen LogP contribution in [0.5, 0.6) is 0 Å².